The van der Waals surface area contributed by atoms with E-state index in [9.17, 15) is 4.79 Å². The Hall–Kier alpha value is -1.72. The van der Waals surface area contributed by atoms with Crippen molar-refractivity contribution in [2.75, 3.05) is 0 Å². The lowest BCUT2D eigenvalue weighted by molar-refractivity contribution is -0.0453. The smallest absolute Gasteiger partial charge is 0.352 e. The minimum absolute atomic E-state index is 0.276. The molecule has 7 atom stereocenters. The van der Waals surface area contributed by atoms with E-state index in [0.29, 0.717) is 16.5 Å². The Bertz CT molecular complexity index is 892. The summed E-state index contributed by atoms with van der Waals surface area (Å²) < 4.78 is 5.28. The Balaban J connectivity index is 1.27. The summed E-state index contributed by atoms with van der Waals surface area (Å²) in [6.45, 7) is 2.47. The molecule has 0 radical (unpaired) electrons. The predicted molar refractivity (Wildman–Crippen MR) is 120 cm³/mol. The van der Waals surface area contributed by atoms with Crippen LogP contribution in [0.5, 0.6) is 0 Å². The van der Waals surface area contributed by atoms with Gasteiger partial charge in [-0.1, -0.05) is 36.6 Å². The molecular weight excluding hydrogens is 392 g/mol. The Labute approximate surface area is 185 Å². The van der Waals surface area contributed by atoms with Gasteiger partial charge in [-0.2, -0.15) is 0 Å². The number of hydrogen-bond donors (Lipinski definition) is 0. The van der Waals surface area contributed by atoms with Crippen molar-refractivity contribution in [2.45, 2.75) is 58.3 Å². The molecule has 0 aliphatic heterocycles. The summed E-state index contributed by atoms with van der Waals surface area (Å²) in [4.78, 5) is 12.2. The Morgan fingerprint density at radius 2 is 1.80 bits per heavy atom. The van der Waals surface area contributed by atoms with Gasteiger partial charge >= 0.3 is 5.97 Å². The SMILES string of the molecule is C[C@]12CC[C@H]3[C@@H](CCC4CC=CC[C@@H]43)[C@@H]1CC[C@H]2C#COC(=O)c1ccc(Cl)cc1. The molecule has 0 N–H and O–H groups in total. The van der Waals surface area contributed by atoms with Crippen molar-refractivity contribution in [1.29, 1.82) is 0 Å². The predicted octanol–water partition coefficient (Wildman–Crippen LogP) is 6.89. The molecule has 3 heteroatoms. The highest BCUT2D eigenvalue weighted by Crippen LogP contribution is 2.63. The average molecular weight is 423 g/mol. The lowest BCUT2D eigenvalue weighted by Crippen LogP contribution is -2.47. The van der Waals surface area contributed by atoms with E-state index in [1.165, 1.54) is 44.9 Å². The van der Waals surface area contributed by atoms with Crippen LogP contribution in [-0.4, -0.2) is 5.97 Å². The first kappa shape index (κ1) is 20.2. The number of carbonyl (C=O) groups excluding carboxylic acids is 1. The van der Waals surface area contributed by atoms with Crippen molar-refractivity contribution in [1.82, 2.24) is 0 Å². The molecule has 0 saturated heterocycles. The molecule has 1 aromatic carbocycles. The molecule has 4 aliphatic carbocycles. The molecule has 4 aliphatic rings. The van der Waals surface area contributed by atoms with E-state index < -0.39 is 5.97 Å². The highest BCUT2D eigenvalue weighted by molar-refractivity contribution is 6.30. The number of rotatable bonds is 1. The first-order valence-electron chi connectivity index (χ1n) is 11.7. The lowest BCUT2D eigenvalue weighted by atomic mass is 9.50. The highest BCUT2D eigenvalue weighted by Gasteiger charge is 2.56. The number of hydrogen-bond acceptors (Lipinski definition) is 2. The number of carbonyl (C=O) groups is 1. The van der Waals surface area contributed by atoms with Gasteiger partial charge in [0.05, 0.1) is 5.56 Å². The van der Waals surface area contributed by atoms with E-state index in [1.54, 1.807) is 24.3 Å². The normalized spacial score (nSPS) is 39.1. The first-order valence-corrected chi connectivity index (χ1v) is 12.1. The van der Waals surface area contributed by atoms with E-state index in [4.69, 9.17) is 16.3 Å². The van der Waals surface area contributed by atoms with Crippen LogP contribution in [0.3, 0.4) is 0 Å². The Morgan fingerprint density at radius 1 is 1.00 bits per heavy atom. The summed E-state index contributed by atoms with van der Waals surface area (Å²) in [7, 11) is 0. The summed E-state index contributed by atoms with van der Waals surface area (Å²) in [5.41, 5.74) is 0.765. The van der Waals surface area contributed by atoms with Gasteiger partial charge in [-0.15, -0.1) is 0 Å². The molecule has 0 bridgehead atoms. The van der Waals surface area contributed by atoms with Crippen molar-refractivity contribution in [3.8, 4) is 12.0 Å². The van der Waals surface area contributed by atoms with Crippen molar-refractivity contribution in [3.05, 3.63) is 47.0 Å². The van der Waals surface area contributed by atoms with Gasteiger partial charge in [0, 0.05) is 10.9 Å². The molecule has 0 heterocycles. The molecular formula is C27H31ClO2. The monoisotopic (exact) mass is 422 g/mol. The van der Waals surface area contributed by atoms with Gasteiger partial charge in [-0.25, -0.2) is 4.79 Å². The van der Waals surface area contributed by atoms with Crippen molar-refractivity contribution >= 4 is 17.6 Å². The van der Waals surface area contributed by atoms with E-state index in [-0.39, 0.29) is 5.41 Å². The maximum atomic E-state index is 12.2. The summed E-state index contributed by atoms with van der Waals surface area (Å²) in [6.07, 6.45) is 18.1. The van der Waals surface area contributed by atoms with Crippen LogP contribution in [0.15, 0.2) is 36.4 Å². The number of allylic oxidation sites excluding steroid dienone is 2. The summed E-state index contributed by atoms with van der Waals surface area (Å²) in [5, 5.41) is 0.608. The zero-order valence-corrected chi connectivity index (χ0v) is 18.5. The second kappa shape index (κ2) is 8.08. The zero-order valence-electron chi connectivity index (χ0n) is 17.8. The molecule has 30 heavy (non-hydrogen) atoms. The molecule has 1 aromatic rings. The number of ether oxygens (including phenoxy) is 1. The fourth-order valence-corrected chi connectivity index (χ4v) is 7.57. The highest BCUT2D eigenvalue weighted by atomic mass is 35.5. The van der Waals surface area contributed by atoms with Crippen molar-refractivity contribution in [3.63, 3.8) is 0 Å². The van der Waals surface area contributed by atoms with Crippen LogP contribution in [0.4, 0.5) is 0 Å². The van der Waals surface area contributed by atoms with Gasteiger partial charge in [0.15, 0.2) is 0 Å². The number of esters is 1. The van der Waals surface area contributed by atoms with E-state index >= 15 is 0 Å². The maximum Gasteiger partial charge on any atom is 0.352 e. The van der Waals surface area contributed by atoms with Crippen LogP contribution in [0.25, 0.3) is 0 Å². The number of benzene rings is 1. The molecule has 3 fully saturated rings. The fraction of sp³-hybridized carbons (Fsp3) is 0.593. The van der Waals surface area contributed by atoms with Crippen molar-refractivity contribution in [2.24, 2.45) is 40.9 Å². The van der Waals surface area contributed by atoms with Gasteiger partial charge in [-0.3, -0.25) is 0 Å². The summed E-state index contributed by atoms with van der Waals surface area (Å²) in [6, 6.07) is 6.75. The van der Waals surface area contributed by atoms with Crippen LogP contribution in [0.2, 0.25) is 5.02 Å². The third kappa shape index (κ3) is 3.50. The van der Waals surface area contributed by atoms with Gasteiger partial charge in [0.1, 0.15) is 6.11 Å². The summed E-state index contributed by atoms with van der Waals surface area (Å²) >= 11 is 5.89. The number of fused-ring (bicyclic) bond motifs is 5. The molecule has 3 saturated carbocycles. The first-order chi connectivity index (χ1) is 14.6. The quantitative estimate of drug-likeness (QED) is 0.279. The molecule has 158 valence electrons. The van der Waals surface area contributed by atoms with Crippen LogP contribution in [0, 0.1) is 52.9 Å². The largest absolute Gasteiger partial charge is 0.368 e. The molecule has 0 aromatic heterocycles. The van der Waals surface area contributed by atoms with Gasteiger partial charge in [0.25, 0.3) is 0 Å². The Kier molecular flexibility index (Phi) is 5.44. The Morgan fingerprint density at radius 3 is 2.63 bits per heavy atom. The standard InChI is InChI=1S/C27H31ClO2/c1-27-16-14-23-22-5-3-2-4-18(22)8-12-24(23)25(27)13-9-20(27)15-17-30-26(29)19-6-10-21(28)11-7-19/h2-3,6-7,10-11,18,20,22-25H,4-5,8-9,12-14,16H2,1H3/t18?,20-,22-,23+,24+,25-,27+/m0/s1. The molecule has 5 rings (SSSR count). The third-order valence-electron chi connectivity index (χ3n) is 8.99. The van der Waals surface area contributed by atoms with E-state index in [1.807, 2.05) is 0 Å². The fourth-order valence-electron chi connectivity index (χ4n) is 7.45. The second-order valence-electron chi connectivity index (χ2n) is 10.2. The minimum Gasteiger partial charge on any atom is -0.368 e. The maximum absolute atomic E-state index is 12.2. The molecule has 1 unspecified atom stereocenters. The zero-order chi connectivity index (χ0) is 20.7. The van der Waals surface area contributed by atoms with Gasteiger partial charge < -0.3 is 4.74 Å². The van der Waals surface area contributed by atoms with Gasteiger partial charge in [-0.05, 0) is 111 Å². The molecule has 0 amide bonds. The molecule has 2 nitrogen and oxygen atoms in total. The van der Waals surface area contributed by atoms with E-state index in [0.717, 1.165) is 36.0 Å². The summed E-state index contributed by atoms with van der Waals surface area (Å²) in [5.74, 6) is 7.73. The third-order valence-corrected chi connectivity index (χ3v) is 9.24. The average Bonchev–Trinajstić information content (AvgIpc) is 3.10. The second-order valence-corrected chi connectivity index (χ2v) is 10.6. The van der Waals surface area contributed by atoms with Crippen LogP contribution in [-0.2, 0) is 4.74 Å². The van der Waals surface area contributed by atoms with Crippen LogP contribution < -0.4 is 0 Å². The van der Waals surface area contributed by atoms with Crippen molar-refractivity contribution < 1.29 is 9.53 Å². The van der Waals surface area contributed by atoms with Crippen LogP contribution >= 0.6 is 11.6 Å². The topological polar surface area (TPSA) is 26.3 Å². The minimum atomic E-state index is -0.397. The van der Waals surface area contributed by atoms with Crippen LogP contribution in [0.1, 0.15) is 68.6 Å². The molecule has 0 spiro atoms. The number of halogens is 1. The van der Waals surface area contributed by atoms with E-state index in [2.05, 4.69) is 31.1 Å². The lowest BCUT2D eigenvalue weighted by Gasteiger charge is -2.54. The van der Waals surface area contributed by atoms with Gasteiger partial charge in [0.2, 0.25) is 0 Å².